The first-order valence-electron chi connectivity index (χ1n) is 12.1. The maximum absolute atomic E-state index is 9.96. The van der Waals surface area contributed by atoms with E-state index in [0.717, 1.165) is 74.5 Å². The van der Waals surface area contributed by atoms with Crippen molar-refractivity contribution in [2.45, 2.75) is 95.8 Å². The molecule has 2 aliphatic carbocycles. The lowest BCUT2D eigenvalue weighted by Crippen LogP contribution is -2.26. The second-order valence-corrected chi connectivity index (χ2v) is 9.96. The van der Waals surface area contributed by atoms with E-state index in [1.165, 1.54) is 5.56 Å². The van der Waals surface area contributed by atoms with E-state index in [0.29, 0.717) is 23.8 Å². The fraction of sp³-hybridized carbons (Fsp3) is 0.720. The van der Waals surface area contributed by atoms with Crippen molar-refractivity contribution in [1.29, 1.82) is 0 Å². The normalized spacial score (nSPS) is 27.7. The molecule has 2 aromatic heterocycles. The van der Waals surface area contributed by atoms with E-state index in [1.807, 2.05) is 12.4 Å². The Morgan fingerprint density at radius 2 is 1.87 bits per heavy atom. The number of hydrogen-bond acceptors (Lipinski definition) is 6. The lowest BCUT2D eigenvalue weighted by molar-refractivity contribution is 0.122. The molecule has 0 amide bonds. The number of ether oxygens (including phenoxy) is 1. The zero-order valence-electron chi connectivity index (χ0n) is 19.5. The molecule has 2 fully saturated rings. The van der Waals surface area contributed by atoms with Gasteiger partial charge in [-0.25, -0.2) is 15.0 Å². The minimum atomic E-state index is -0.166. The van der Waals surface area contributed by atoms with Gasteiger partial charge in [-0.15, -0.1) is 0 Å². The third-order valence-electron chi connectivity index (χ3n) is 7.39. The van der Waals surface area contributed by atoms with Crippen LogP contribution in [0.5, 0.6) is 5.88 Å². The van der Waals surface area contributed by atoms with Gasteiger partial charge in [0.1, 0.15) is 11.9 Å². The average Bonchev–Trinajstić information content (AvgIpc) is 3.23. The summed E-state index contributed by atoms with van der Waals surface area (Å²) in [5.74, 6) is 2.53. The summed E-state index contributed by atoms with van der Waals surface area (Å²) in [7, 11) is 4.28. The third kappa shape index (κ3) is 5.17. The van der Waals surface area contributed by atoms with Gasteiger partial charge in [0.05, 0.1) is 17.0 Å². The molecule has 6 heteroatoms. The monoisotopic (exact) mass is 426 g/mol. The fourth-order valence-electron chi connectivity index (χ4n) is 5.04. The van der Waals surface area contributed by atoms with Crippen molar-refractivity contribution in [2.75, 3.05) is 14.1 Å². The van der Waals surface area contributed by atoms with E-state index in [1.54, 1.807) is 0 Å². The van der Waals surface area contributed by atoms with Gasteiger partial charge in [-0.1, -0.05) is 20.3 Å². The molecule has 2 heterocycles. The van der Waals surface area contributed by atoms with Crippen LogP contribution in [-0.2, 0) is 6.42 Å². The Morgan fingerprint density at radius 3 is 2.55 bits per heavy atom. The van der Waals surface area contributed by atoms with Crippen molar-refractivity contribution in [3.05, 3.63) is 23.8 Å². The summed E-state index contributed by atoms with van der Waals surface area (Å²) in [6.07, 6.45) is 12.9. The molecule has 31 heavy (non-hydrogen) atoms. The van der Waals surface area contributed by atoms with Crippen LogP contribution < -0.4 is 4.74 Å². The van der Waals surface area contributed by atoms with E-state index in [4.69, 9.17) is 19.7 Å². The van der Waals surface area contributed by atoms with E-state index in [9.17, 15) is 5.11 Å². The molecule has 2 aromatic rings. The summed E-state index contributed by atoms with van der Waals surface area (Å²) in [6, 6.07) is 0.572. The Balaban J connectivity index is 1.65. The van der Waals surface area contributed by atoms with Crippen LogP contribution in [0, 0.1) is 5.92 Å². The number of hydrogen-bond donors (Lipinski definition) is 1. The smallest absolute Gasteiger partial charge is 0.224 e. The van der Waals surface area contributed by atoms with E-state index in [2.05, 4.69) is 32.8 Å². The Hall–Kier alpha value is -1.79. The largest absolute Gasteiger partial charge is 0.474 e. The van der Waals surface area contributed by atoms with Gasteiger partial charge in [0.2, 0.25) is 5.88 Å². The SMILES string of the molecule is CC[C@H](C)Cc1ncc2c(O[C@H]3CC[C@@H](N(C)C)C3)ncc(C3CCC(O)CC3)c2n1. The standard InChI is InChI=1S/C25H38N4O2/c1-5-16(2)12-23-26-15-22-24(28-23)21(17-6-9-19(30)10-7-17)14-27-25(22)31-20-11-8-18(13-20)29(3)4/h14-20,30H,5-13H2,1-4H3/t16-,17?,18+,19?,20-/m0/s1. The first-order valence-corrected chi connectivity index (χ1v) is 12.1. The van der Waals surface area contributed by atoms with Gasteiger partial charge < -0.3 is 14.7 Å². The van der Waals surface area contributed by atoms with Crippen LogP contribution in [-0.4, -0.2) is 57.3 Å². The number of aliphatic hydroxyl groups excluding tert-OH is 1. The van der Waals surface area contributed by atoms with Crippen LogP contribution in [0.1, 0.15) is 82.5 Å². The number of aliphatic hydroxyl groups is 1. The molecule has 6 nitrogen and oxygen atoms in total. The van der Waals surface area contributed by atoms with Gasteiger partial charge in [-0.3, -0.25) is 0 Å². The van der Waals surface area contributed by atoms with Crippen LogP contribution in [0.4, 0.5) is 0 Å². The Labute approximate surface area is 186 Å². The van der Waals surface area contributed by atoms with E-state index in [-0.39, 0.29) is 12.2 Å². The molecule has 0 radical (unpaired) electrons. The summed E-state index contributed by atoms with van der Waals surface area (Å²) >= 11 is 0. The molecular formula is C25H38N4O2. The minimum Gasteiger partial charge on any atom is -0.474 e. The van der Waals surface area contributed by atoms with Crippen molar-refractivity contribution in [2.24, 2.45) is 5.92 Å². The van der Waals surface area contributed by atoms with Crippen LogP contribution in [0.2, 0.25) is 0 Å². The Kier molecular flexibility index (Phi) is 7.07. The Morgan fingerprint density at radius 1 is 1.10 bits per heavy atom. The van der Waals surface area contributed by atoms with E-state index >= 15 is 0 Å². The van der Waals surface area contributed by atoms with Gasteiger partial charge in [0.25, 0.3) is 0 Å². The summed E-state index contributed by atoms with van der Waals surface area (Å²) in [4.78, 5) is 16.8. The van der Waals surface area contributed by atoms with Crippen molar-refractivity contribution in [3.63, 3.8) is 0 Å². The average molecular weight is 427 g/mol. The lowest BCUT2D eigenvalue weighted by Gasteiger charge is -2.26. The molecule has 0 aliphatic heterocycles. The van der Waals surface area contributed by atoms with Crippen molar-refractivity contribution >= 4 is 10.9 Å². The summed E-state index contributed by atoms with van der Waals surface area (Å²) in [5, 5.41) is 10.9. The van der Waals surface area contributed by atoms with Crippen LogP contribution in [0.25, 0.3) is 10.9 Å². The maximum atomic E-state index is 9.96. The second-order valence-electron chi connectivity index (χ2n) is 9.96. The summed E-state index contributed by atoms with van der Waals surface area (Å²) in [5.41, 5.74) is 2.20. The minimum absolute atomic E-state index is 0.166. The molecular weight excluding hydrogens is 388 g/mol. The number of nitrogens with zero attached hydrogens (tertiary/aromatic N) is 4. The lowest BCUT2D eigenvalue weighted by atomic mass is 9.82. The number of aromatic nitrogens is 3. The molecule has 170 valence electrons. The van der Waals surface area contributed by atoms with Crippen molar-refractivity contribution in [3.8, 4) is 5.88 Å². The highest BCUT2D eigenvalue weighted by atomic mass is 16.5. The quantitative estimate of drug-likeness (QED) is 0.703. The molecule has 1 N–H and O–H groups in total. The predicted molar refractivity (Wildman–Crippen MR) is 123 cm³/mol. The zero-order valence-corrected chi connectivity index (χ0v) is 19.5. The molecule has 2 saturated carbocycles. The number of rotatable bonds is 7. The fourth-order valence-corrected chi connectivity index (χ4v) is 5.04. The molecule has 0 aromatic carbocycles. The molecule has 4 rings (SSSR count). The molecule has 0 saturated heterocycles. The van der Waals surface area contributed by atoms with Gasteiger partial charge in [0, 0.05) is 30.4 Å². The van der Waals surface area contributed by atoms with Gasteiger partial charge in [-0.2, -0.15) is 0 Å². The topological polar surface area (TPSA) is 71.4 Å². The van der Waals surface area contributed by atoms with E-state index < -0.39 is 0 Å². The number of fused-ring (bicyclic) bond motifs is 1. The summed E-state index contributed by atoms with van der Waals surface area (Å²) < 4.78 is 6.41. The Bertz CT molecular complexity index is 879. The van der Waals surface area contributed by atoms with Gasteiger partial charge in [0.15, 0.2) is 0 Å². The molecule has 0 bridgehead atoms. The maximum Gasteiger partial charge on any atom is 0.224 e. The van der Waals surface area contributed by atoms with Crippen LogP contribution in [0.3, 0.4) is 0 Å². The summed E-state index contributed by atoms with van der Waals surface area (Å²) in [6.45, 7) is 4.46. The third-order valence-corrected chi connectivity index (χ3v) is 7.39. The molecule has 2 aliphatic rings. The molecule has 0 unspecified atom stereocenters. The highest BCUT2D eigenvalue weighted by Crippen LogP contribution is 2.38. The van der Waals surface area contributed by atoms with Gasteiger partial charge in [-0.05, 0) is 70.9 Å². The number of pyridine rings is 1. The zero-order chi connectivity index (χ0) is 22.0. The highest BCUT2D eigenvalue weighted by molar-refractivity contribution is 5.85. The highest BCUT2D eigenvalue weighted by Gasteiger charge is 2.29. The van der Waals surface area contributed by atoms with Crippen molar-refractivity contribution in [1.82, 2.24) is 19.9 Å². The van der Waals surface area contributed by atoms with Crippen molar-refractivity contribution < 1.29 is 9.84 Å². The van der Waals surface area contributed by atoms with Crippen LogP contribution in [0.15, 0.2) is 12.4 Å². The predicted octanol–water partition coefficient (Wildman–Crippen LogP) is 4.49. The molecule has 3 atom stereocenters. The van der Waals surface area contributed by atoms with Crippen LogP contribution >= 0.6 is 0 Å². The molecule has 0 spiro atoms. The second kappa shape index (κ2) is 9.78. The first-order chi connectivity index (χ1) is 14.9. The van der Waals surface area contributed by atoms with Gasteiger partial charge >= 0.3 is 0 Å². The first kappa shape index (κ1) is 22.4.